The molecule has 1 heterocycles. The summed E-state index contributed by atoms with van der Waals surface area (Å²) in [7, 11) is -3.94. The number of amides is 1. The minimum absolute atomic E-state index is 0.0347. The van der Waals surface area contributed by atoms with Crippen LogP contribution in [0.25, 0.3) is 0 Å². The number of aryl methyl sites for hydroxylation is 1. The summed E-state index contributed by atoms with van der Waals surface area (Å²) in [5.41, 5.74) is 0.754. The summed E-state index contributed by atoms with van der Waals surface area (Å²) in [4.78, 5) is 13.8. The third-order valence-corrected chi connectivity index (χ3v) is 7.47. The van der Waals surface area contributed by atoms with Gasteiger partial charge in [0, 0.05) is 30.7 Å². The summed E-state index contributed by atoms with van der Waals surface area (Å²) < 4.78 is 73.7. The molecule has 1 fully saturated rings. The summed E-state index contributed by atoms with van der Waals surface area (Å²) in [5, 5.41) is 0.359. The third kappa shape index (κ3) is 6.52. The van der Waals surface area contributed by atoms with Crippen molar-refractivity contribution in [3.05, 3.63) is 51.5 Å². The molecule has 1 saturated heterocycles. The molecule has 7 nitrogen and oxygen atoms in total. The van der Waals surface area contributed by atoms with Gasteiger partial charge in [0.25, 0.3) is 5.91 Å². The lowest BCUT2D eigenvalue weighted by molar-refractivity contribution is -0.274. The number of piperazine rings is 1. The number of hydrogen-bond acceptors (Lipinski definition) is 5. The van der Waals surface area contributed by atoms with Gasteiger partial charge in [0.05, 0.1) is 9.92 Å². The lowest BCUT2D eigenvalue weighted by Gasteiger charge is -2.34. The van der Waals surface area contributed by atoms with Gasteiger partial charge in [-0.1, -0.05) is 27.5 Å². The summed E-state index contributed by atoms with van der Waals surface area (Å²) in [5.74, 6) is -0.440. The highest BCUT2D eigenvalue weighted by Gasteiger charge is 2.32. The Morgan fingerprint density at radius 2 is 1.73 bits per heavy atom. The molecule has 0 aromatic heterocycles. The van der Waals surface area contributed by atoms with Crippen molar-refractivity contribution in [2.75, 3.05) is 32.8 Å². The molecule has 1 amide bonds. The summed E-state index contributed by atoms with van der Waals surface area (Å²) in [6.07, 6.45) is -4.87. The standard InChI is InChI=1S/C20H19BrClF3N2O5S/c1-13-10-14(21)11-17(22)19(13)31-12-18(28)26-6-8-27(9-7-26)33(29,30)16-4-2-15(3-5-16)32-20(23,24)25/h2-5,10-11H,6-9,12H2,1H3. The number of hydrogen-bond donors (Lipinski definition) is 0. The number of carbonyl (C=O) groups is 1. The molecule has 0 spiro atoms. The van der Waals surface area contributed by atoms with Gasteiger partial charge in [0.15, 0.2) is 6.61 Å². The van der Waals surface area contributed by atoms with Crippen LogP contribution in [-0.4, -0.2) is 62.7 Å². The minimum Gasteiger partial charge on any atom is -0.482 e. The molecule has 3 rings (SSSR count). The fraction of sp³-hybridized carbons (Fsp3) is 0.350. The maximum absolute atomic E-state index is 12.8. The Morgan fingerprint density at radius 3 is 2.27 bits per heavy atom. The van der Waals surface area contributed by atoms with Crippen LogP contribution < -0.4 is 9.47 Å². The second kappa shape index (κ2) is 10.1. The average Bonchev–Trinajstić information content (AvgIpc) is 2.72. The fourth-order valence-corrected chi connectivity index (χ4v) is 5.68. The van der Waals surface area contributed by atoms with Crippen molar-refractivity contribution in [1.82, 2.24) is 9.21 Å². The first-order valence-corrected chi connectivity index (χ1v) is 12.2. The van der Waals surface area contributed by atoms with Gasteiger partial charge in [-0.05, 0) is 48.9 Å². The van der Waals surface area contributed by atoms with Crippen molar-refractivity contribution >= 4 is 43.5 Å². The van der Waals surface area contributed by atoms with Gasteiger partial charge in [-0.15, -0.1) is 13.2 Å². The summed E-state index contributed by atoms with van der Waals surface area (Å²) in [6.45, 7) is 1.89. The Hall–Kier alpha value is -2.02. The molecule has 0 aliphatic carbocycles. The van der Waals surface area contributed by atoms with Crippen LogP contribution in [0.3, 0.4) is 0 Å². The van der Waals surface area contributed by atoms with Crippen molar-refractivity contribution < 1.29 is 35.9 Å². The average molecular weight is 572 g/mol. The molecule has 0 bridgehead atoms. The number of nitrogens with zero attached hydrogens (tertiary/aromatic N) is 2. The van der Waals surface area contributed by atoms with Gasteiger partial charge in [-0.25, -0.2) is 8.42 Å². The monoisotopic (exact) mass is 570 g/mol. The van der Waals surface area contributed by atoms with Crippen LogP contribution in [0.15, 0.2) is 45.8 Å². The van der Waals surface area contributed by atoms with Gasteiger partial charge in [-0.3, -0.25) is 4.79 Å². The van der Waals surface area contributed by atoms with Crippen LogP contribution in [0.4, 0.5) is 13.2 Å². The first kappa shape index (κ1) is 25.6. The van der Waals surface area contributed by atoms with Gasteiger partial charge < -0.3 is 14.4 Å². The van der Waals surface area contributed by atoms with Crippen molar-refractivity contribution in [1.29, 1.82) is 0 Å². The zero-order valence-corrected chi connectivity index (χ0v) is 20.4. The van der Waals surface area contributed by atoms with E-state index in [-0.39, 0.29) is 43.6 Å². The molecule has 0 atom stereocenters. The van der Waals surface area contributed by atoms with E-state index in [9.17, 15) is 26.4 Å². The molecule has 2 aromatic rings. The zero-order chi connectivity index (χ0) is 24.4. The number of halogens is 5. The van der Waals surface area contributed by atoms with Gasteiger partial charge in [0.2, 0.25) is 10.0 Å². The molecule has 13 heteroatoms. The molecular weight excluding hydrogens is 553 g/mol. The Balaban J connectivity index is 1.57. The number of rotatable bonds is 6. The maximum Gasteiger partial charge on any atom is 0.573 e. The van der Waals surface area contributed by atoms with E-state index in [0.29, 0.717) is 10.8 Å². The molecule has 0 saturated carbocycles. The summed E-state index contributed by atoms with van der Waals surface area (Å²) >= 11 is 9.48. The topological polar surface area (TPSA) is 76.2 Å². The van der Waals surface area contributed by atoms with E-state index < -0.39 is 22.1 Å². The molecule has 0 N–H and O–H groups in total. The van der Waals surface area contributed by atoms with Gasteiger partial charge >= 0.3 is 6.36 Å². The van der Waals surface area contributed by atoms with Crippen molar-refractivity contribution in [2.45, 2.75) is 18.2 Å². The quantitative estimate of drug-likeness (QED) is 0.519. The van der Waals surface area contributed by atoms with E-state index in [1.54, 1.807) is 19.1 Å². The van der Waals surface area contributed by atoms with E-state index >= 15 is 0 Å². The van der Waals surface area contributed by atoms with E-state index in [1.165, 1.54) is 9.21 Å². The predicted molar refractivity (Wildman–Crippen MR) is 118 cm³/mol. The molecule has 180 valence electrons. The second-order valence-electron chi connectivity index (χ2n) is 7.13. The maximum atomic E-state index is 12.8. The molecule has 2 aromatic carbocycles. The van der Waals surface area contributed by atoms with E-state index in [1.807, 2.05) is 0 Å². The normalized spacial score (nSPS) is 15.4. The van der Waals surface area contributed by atoms with Crippen molar-refractivity contribution in [3.8, 4) is 11.5 Å². The molecule has 33 heavy (non-hydrogen) atoms. The fourth-order valence-electron chi connectivity index (χ4n) is 3.24. The SMILES string of the molecule is Cc1cc(Br)cc(Cl)c1OCC(=O)N1CCN(S(=O)(=O)c2ccc(OC(F)(F)F)cc2)CC1. The van der Waals surface area contributed by atoms with Gasteiger partial charge in [0.1, 0.15) is 11.5 Å². The summed E-state index contributed by atoms with van der Waals surface area (Å²) in [6, 6.07) is 7.43. The van der Waals surface area contributed by atoms with Crippen LogP contribution in [0, 0.1) is 6.92 Å². The van der Waals surface area contributed by atoms with Crippen molar-refractivity contribution in [2.24, 2.45) is 0 Å². The van der Waals surface area contributed by atoms with Gasteiger partial charge in [-0.2, -0.15) is 4.31 Å². The second-order valence-corrected chi connectivity index (χ2v) is 10.4. The minimum atomic E-state index is -4.87. The highest BCUT2D eigenvalue weighted by Crippen LogP contribution is 2.32. The number of carbonyl (C=O) groups excluding carboxylic acids is 1. The van der Waals surface area contributed by atoms with E-state index in [0.717, 1.165) is 34.3 Å². The molecule has 0 unspecified atom stereocenters. The predicted octanol–water partition coefficient (Wildman–Crippen LogP) is 4.22. The number of alkyl halides is 3. The largest absolute Gasteiger partial charge is 0.573 e. The molecule has 0 radical (unpaired) electrons. The highest BCUT2D eigenvalue weighted by molar-refractivity contribution is 9.10. The lowest BCUT2D eigenvalue weighted by atomic mass is 10.2. The molecular formula is C20H19BrClF3N2O5S. The first-order valence-electron chi connectivity index (χ1n) is 9.59. The van der Waals surface area contributed by atoms with E-state index in [4.69, 9.17) is 16.3 Å². The zero-order valence-electron chi connectivity index (χ0n) is 17.2. The Bertz CT molecular complexity index is 1100. The number of benzene rings is 2. The Kier molecular flexibility index (Phi) is 7.82. The third-order valence-electron chi connectivity index (χ3n) is 4.82. The van der Waals surface area contributed by atoms with E-state index in [2.05, 4.69) is 20.7 Å². The van der Waals surface area contributed by atoms with Crippen LogP contribution in [0.1, 0.15) is 5.56 Å². The number of sulfonamides is 1. The highest BCUT2D eigenvalue weighted by atomic mass is 79.9. The molecule has 1 aliphatic heterocycles. The van der Waals surface area contributed by atoms with Crippen LogP contribution >= 0.6 is 27.5 Å². The van der Waals surface area contributed by atoms with Crippen LogP contribution in [0.2, 0.25) is 5.02 Å². The van der Waals surface area contributed by atoms with Crippen LogP contribution in [-0.2, 0) is 14.8 Å². The Labute approximate surface area is 202 Å². The smallest absolute Gasteiger partial charge is 0.482 e. The van der Waals surface area contributed by atoms with Crippen LogP contribution in [0.5, 0.6) is 11.5 Å². The molecule has 1 aliphatic rings. The number of ether oxygens (including phenoxy) is 2. The van der Waals surface area contributed by atoms with Crippen molar-refractivity contribution in [3.63, 3.8) is 0 Å². The lowest BCUT2D eigenvalue weighted by Crippen LogP contribution is -2.51. The Morgan fingerprint density at radius 1 is 1.12 bits per heavy atom. The first-order chi connectivity index (χ1) is 15.4.